The number of piperazine rings is 1. The minimum atomic E-state index is -4.77. The molecule has 3 aromatic heterocycles. The summed E-state index contributed by atoms with van der Waals surface area (Å²) in [5, 5.41) is 20.3. The zero-order valence-corrected chi connectivity index (χ0v) is 27.1. The van der Waals surface area contributed by atoms with Crippen molar-refractivity contribution in [1.82, 2.24) is 39.4 Å². The SMILES string of the molecule is Cn1c(-c2cn(Cc3cccnc3)nc2C(F)(F)F)cnc1C(=O)Nc1ccc(C(=O)N2CCN(C(=O)C3(O)CCCNC3)CC2)c(Cl)c1. The number of piperidine rings is 1. The number of benzene rings is 1. The van der Waals surface area contributed by atoms with Crippen LogP contribution in [0.4, 0.5) is 18.9 Å². The van der Waals surface area contributed by atoms with E-state index >= 15 is 0 Å². The molecule has 0 spiro atoms. The second-order valence-electron chi connectivity index (χ2n) is 12.0. The third kappa shape index (κ3) is 7.16. The minimum Gasteiger partial charge on any atom is -0.379 e. The Bertz CT molecular complexity index is 1860. The van der Waals surface area contributed by atoms with Crippen LogP contribution in [0.2, 0.25) is 5.02 Å². The van der Waals surface area contributed by atoms with Crippen molar-refractivity contribution < 1.29 is 32.7 Å². The molecular formula is C32H33ClF3N9O4. The van der Waals surface area contributed by atoms with Crippen molar-refractivity contribution in [3.63, 3.8) is 0 Å². The number of hydrogen-bond donors (Lipinski definition) is 3. The van der Waals surface area contributed by atoms with Crippen molar-refractivity contribution >= 4 is 35.0 Å². The number of nitrogens with zero attached hydrogens (tertiary/aromatic N) is 7. The van der Waals surface area contributed by atoms with Crippen molar-refractivity contribution in [3.05, 3.63) is 82.8 Å². The van der Waals surface area contributed by atoms with E-state index in [1.807, 2.05) is 0 Å². The van der Waals surface area contributed by atoms with Gasteiger partial charge in [0.1, 0.15) is 0 Å². The fraction of sp³-hybridized carbons (Fsp3) is 0.375. The van der Waals surface area contributed by atoms with E-state index in [2.05, 4.69) is 25.7 Å². The van der Waals surface area contributed by atoms with Crippen LogP contribution in [-0.4, -0.2) is 102 Å². The molecule has 2 saturated heterocycles. The number of aliphatic hydroxyl groups is 1. The molecule has 49 heavy (non-hydrogen) atoms. The smallest absolute Gasteiger partial charge is 0.379 e. The van der Waals surface area contributed by atoms with Crippen LogP contribution in [0.3, 0.4) is 0 Å². The van der Waals surface area contributed by atoms with E-state index in [4.69, 9.17) is 11.6 Å². The number of hydrogen-bond acceptors (Lipinski definition) is 8. The number of halogens is 4. The molecule has 0 bridgehead atoms. The molecule has 0 aliphatic carbocycles. The Balaban J connectivity index is 1.12. The van der Waals surface area contributed by atoms with Gasteiger partial charge in [-0.05, 0) is 49.2 Å². The van der Waals surface area contributed by atoms with Gasteiger partial charge in [0.05, 0.1) is 34.6 Å². The van der Waals surface area contributed by atoms with Crippen LogP contribution in [0.1, 0.15) is 45.1 Å². The predicted molar refractivity (Wildman–Crippen MR) is 172 cm³/mol. The lowest BCUT2D eigenvalue weighted by atomic mass is 9.92. The first-order chi connectivity index (χ1) is 23.3. The first-order valence-electron chi connectivity index (χ1n) is 15.5. The number of anilines is 1. The lowest BCUT2D eigenvalue weighted by Crippen LogP contribution is -2.60. The zero-order valence-electron chi connectivity index (χ0n) is 26.4. The molecule has 5 heterocycles. The highest BCUT2D eigenvalue weighted by molar-refractivity contribution is 6.34. The van der Waals surface area contributed by atoms with E-state index < -0.39 is 23.4 Å². The average Bonchev–Trinajstić information content (AvgIpc) is 3.68. The van der Waals surface area contributed by atoms with Crippen LogP contribution in [0.25, 0.3) is 11.3 Å². The number of nitrogens with one attached hydrogen (secondary N) is 2. The number of amides is 3. The fourth-order valence-corrected chi connectivity index (χ4v) is 6.31. The molecule has 2 aliphatic rings. The van der Waals surface area contributed by atoms with Crippen LogP contribution in [0.5, 0.6) is 0 Å². The second kappa shape index (κ2) is 13.6. The first-order valence-corrected chi connectivity index (χ1v) is 15.9. The molecule has 3 amide bonds. The number of rotatable bonds is 7. The molecule has 2 aliphatic heterocycles. The largest absolute Gasteiger partial charge is 0.435 e. The van der Waals surface area contributed by atoms with Crippen LogP contribution in [0.15, 0.2) is 55.1 Å². The van der Waals surface area contributed by atoms with Crippen LogP contribution in [-0.2, 0) is 24.6 Å². The summed E-state index contributed by atoms with van der Waals surface area (Å²) in [6.07, 6.45) is 1.82. The molecule has 1 aromatic carbocycles. The maximum absolute atomic E-state index is 14.0. The van der Waals surface area contributed by atoms with Gasteiger partial charge in [0.15, 0.2) is 17.1 Å². The Kier molecular flexibility index (Phi) is 9.46. The Morgan fingerprint density at radius 1 is 1.10 bits per heavy atom. The molecule has 6 rings (SSSR count). The normalized spacial score (nSPS) is 18.4. The highest BCUT2D eigenvalue weighted by Crippen LogP contribution is 2.36. The Morgan fingerprint density at radius 3 is 2.51 bits per heavy atom. The van der Waals surface area contributed by atoms with Crippen molar-refractivity contribution in [2.75, 3.05) is 44.6 Å². The highest BCUT2D eigenvalue weighted by atomic mass is 35.5. The summed E-state index contributed by atoms with van der Waals surface area (Å²) < 4.78 is 44.4. The molecule has 17 heteroatoms. The number of alkyl halides is 3. The number of β-amino-alcohol motifs (C(OH)–C–C–N with tert-alkyl or cyclic N) is 1. The third-order valence-corrected chi connectivity index (χ3v) is 8.95. The number of imidazole rings is 1. The Labute approximate surface area is 283 Å². The van der Waals surface area contributed by atoms with Crippen LogP contribution < -0.4 is 10.6 Å². The van der Waals surface area contributed by atoms with Crippen molar-refractivity contribution in [2.45, 2.75) is 31.2 Å². The monoisotopic (exact) mass is 699 g/mol. The molecular weight excluding hydrogens is 667 g/mol. The van der Waals surface area contributed by atoms with Crippen molar-refractivity contribution in [3.8, 4) is 11.3 Å². The standard InChI is InChI=1S/C32H33ClF3N9O4/c1-42-25(23-18-45(41-26(23)32(34,35)36)17-20-4-2-8-37-15-20)16-39-27(42)28(46)40-21-5-6-22(24(33)14-21)29(47)43-10-12-44(13-11-43)30(48)31(49)7-3-9-38-19-31/h2,4-6,8,14-16,18,38,49H,3,7,9-13,17,19H2,1H3,(H,40,46). The van der Waals surface area contributed by atoms with E-state index in [0.717, 1.165) is 11.2 Å². The maximum Gasteiger partial charge on any atom is 0.435 e. The summed E-state index contributed by atoms with van der Waals surface area (Å²) in [7, 11) is 1.42. The Morgan fingerprint density at radius 2 is 1.86 bits per heavy atom. The topological polar surface area (TPSA) is 151 Å². The summed E-state index contributed by atoms with van der Waals surface area (Å²) in [6.45, 7) is 2.03. The molecule has 258 valence electrons. The molecule has 4 aromatic rings. The van der Waals surface area contributed by atoms with E-state index in [1.54, 1.807) is 28.1 Å². The quantitative estimate of drug-likeness (QED) is 0.267. The number of carbonyl (C=O) groups excluding carboxylic acids is 3. The third-order valence-electron chi connectivity index (χ3n) is 8.64. The van der Waals surface area contributed by atoms with Crippen LogP contribution >= 0.6 is 11.6 Å². The molecule has 0 radical (unpaired) electrons. The van der Waals surface area contributed by atoms with Gasteiger partial charge in [-0.2, -0.15) is 18.3 Å². The maximum atomic E-state index is 14.0. The zero-order chi connectivity index (χ0) is 34.9. The van der Waals surface area contributed by atoms with Gasteiger partial charge in [0.25, 0.3) is 17.7 Å². The molecule has 2 fully saturated rings. The van der Waals surface area contributed by atoms with Crippen molar-refractivity contribution in [2.24, 2.45) is 7.05 Å². The number of pyridine rings is 1. The summed E-state index contributed by atoms with van der Waals surface area (Å²) in [5.74, 6) is -1.58. The summed E-state index contributed by atoms with van der Waals surface area (Å²) >= 11 is 6.46. The summed E-state index contributed by atoms with van der Waals surface area (Å²) in [5.41, 5.74) is -1.70. The molecule has 0 saturated carbocycles. The van der Waals surface area contributed by atoms with Gasteiger partial charge in [-0.3, -0.25) is 24.0 Å². The number of aromatic nitrogens is 5. The van der Waals surface area contributed by atoms with E-state index in [0.29, 0.717) is 18.4 Å². The molecule has 1 unspecified atom stereocenters. The molecule has 13 nitrogen and oxygen atoms in total. The number of carbonyl (C=O) groups is 3. The van der Waals surface area contributed by atoms with E-state index in [1.165, 1.54) is 48.4 Å². The van der Waals surface area contributed by atoms with Gasteiger partial charge in [-0.15, -0.1) is 0 Å². The predicted octanol–water partition coefficient (Wildman–Crippen LogP) is 3.05. The molecule has 3 N–H and O–H groups in total. The first kappa shape index (κ1) is 34.1. The van der Waals surface area contributed by atoms with Crippen molar-refractivity contribution in [1.29, 1.82) is 0 Å². The van der Waals surface area contributed by atoms with E-state index in [9.17, 15) is 32.7 Å². The minimum absolute atomic E-state index is 0.0280. The van der Waals surface area contributed by atoms with Gasteiger partial charge in [-0.1, -0.05) is 17.7 Å². The average molecular weight is 700 g/mol. The fourth-order valence-electron chi connectivity index (χ4n) is 6.05. The van der Waals surface area contributed by atoms with Gasteiger partial charge in [-0.25, -0.2) is 4.98 Å². The van der Waals surface area contributed by atoms with Gasteiger partial charge >= 0.3 is 6.18 Å². The summed E-state index contributed by atoms with van der Waals surface area (Å²) in [4.78, 5) is 50.6. The van der Waals surface area contributed by atoms with Gasteiger partial charge < -0.3 is 30.1 Å². The van der Waals surface area contributed by atoms with Crippen LogP contribution in [0, 0.1) is 0 Å². The lowest BCUT2D eigenvalue weighted by Gasteiger charge is -2.40. The molecule has 1 atom stereocenters. The highest BCUT2D eigenvalue weighted by Gasteiger charge is 2.41. The Hall–Kier alpha value is -4.80. The second-order valence-corrected chi connectivity index (χ2v) is 12.4. The summed E-state index contributed by atoms with van der Waals surface area (Å²) in [6, 6.07) is 7.73. The van der Waals surface area contributed by atoms with Gasteiger partial charge in [0, 0.05) is 64.0 Å². The lowest BCUT2D eigenvalue weighted by molar-refractivity contribution is -0.154. The van der Waals surface area contributed by atoms with E-state index in [-0.39, 0.29) is 84.4 Å². The van der Waals surface area contributed by atoms with Gasteiger partial charge in [0.2, 0.25) is 0 Å².